The molecule has 1 amide bonds. The summed E-state index contributed by atoms with van der Waals surface area (Å²) in [6.45, 7) is 4.01. The van der Waals surface area contributed by atoms with Gasteiger partial charge < -0.3 is 11.1 Å². The number of rotatable bonds is 3. The molecule has 0 aliphatic carbocycles. The maximum absolute atomic E-state index is 11.8. The van der Waals surface area contributed by atoms with Crippen LogP contribution >= 0.6 is 0 Å². The van der Waals surface area contributed by atoms with Gasteiger partial charge in [0.05, 0.1) is 5.69 Å². The molecular formula is C20H20N4O. The highest BCUT2D eigenvalue weighted by molar-refractivity contribution is 5.93. The minimum absolute atomic E-state index is 0.221. The van der Waals surface area contributed by atoms with Crippen LogP contribution in [0.5, 0.6) is 0 Å². The summed E-state index contributed by atoms with van der Waals surface area (Å²) in [6, 6.07) is 13.5. The van der Waals surface area contributed by atoms with Crippen molar-refractivity contribution in [1.29, 1.82) is 0 Å². The summed E-state index contributed by atoms with van der Waals surface area (Å²) in [5.74, 6) is -0.221. The van der Waals surface area contributed by atoms with E-state index in [0.717, 1.165) is 39.3 Å². The number of pyridine rings is 2. The predicted octanol–water partition coefficient (Wildman–Crippen LogP) is 3.37. The molecule has 0 fully saturated rings. The Labute approximate surface area is 146 Å². The second-order valence-electron chi connectivity index (χ2n) is 5.97. The lowest BCUT2D eigenvalue weighted by Crippen LogP contribution is -2.19. The van der Waals surface area contributed by atoms with Gasteiger partial charge >= 0.3 is 0 Å². The molecule has 25 heavy (non-hydrogen) atoms. The van der Waals surface area contributed by atoms with Crippen molar-refractivity contribution in [1.82, 2.24) is 15.3 Å². The Morgan fingerprint density at radius 1 is 1.04 bits per heavy atom. The molecule has 0 aliphatic heterocycles. The molecular weight excluding hydrogens is 312 g/mol. The summed E-state index contributed by atoms with van der Waals surface area (Å²) < 4.78 is 0. The fraction of sp³-hybridized carbons (Fsp3) is 0.150. The van der Waals surface area contributed by atoms with Gasteiger partial charge in [0.1, 0.15) is 5.69 Å². The van der Waals surface area contributed by atoms with E-state index in [1.165, 1.54) is 0 Å². The van der Waals surface area contributed by atoms with Crippen LogP contribution in [0.2, 0.25) is 0 Å². The van der Waals surface area contributed by atoms with Crippen LogP contribution in [0.3, 0.4) is 0 Å². The molecule has 2 heterocycles. The van der Waals surface area contributed by atoms with E-state index in [9.17, 15) is 4.79 Å². The number of carbonyl (C=O) groups excluding carboxylic acids is 1. The molecule has 0 spiro atoms. The third-order valence-electron chi connectivity index (χ3n) is 4.04. The molecule has 3 aromatic rings. The van der Waals surface area contributed by atoms with E-state index in [2.05, 4.69) is 22.2 Å². The Kier molecular flexibility index (Phi) is 4.48. The van der Waals surface area contributed by atoms with Crippen molar-refractivity contribution in [3.8, 4) is 22.4 Å². The summed E-state index contributed by atoms with van der Waals surface area (Å²) in [5, 5.41) is 2.59. The van der Waals surface area contributed by atoms with Gasteiger partial charge in [-0.15, -0.1) is 0 Å². The topological polar surface area (TPSA) is 80.9 Å². The summed E-state index contributed by atoms with van der Waals surface area (Å²) >= 11 is 0. The van der Waals surface area contributed by atoms with Crippen molar-refractivity contribution in [3.05, 3.63) is 65.6 Å². The Morgan fingerprint density at radius 3 is 2.60 bits per heavy atom. The monoisotopic (exact) mass is 332 g/mol. The molecule has 0 bridgehead atoms. The average molecular weight is 332 g/mol. The molecule has 1 aromatic carbocycles. The van der Waals surface area contributed by atoms with Crippen LogP contribution < -0.4 is 11.1 Å². The fourth-order valence-corrected chi connectivity index (χ4v) is 2.76. The van der Waals surface area contributed by atoms with Gasteiger partial charge in [-0.3, -0.25) is 14.8 Å². The van der Waals surface area contributed by atoms with Crippen LogP contribution in [0.15, 0.2) is 48.7 Å². The number of carbonyl (C=O) groups is 1. The van der Waals surface area contributed by atoms with Gasteiger partial charge in [-0.25, -0.2) is 0 Å². The molecule has 0 radical (unpaired) electrons. The first kappa shape index (κ1) is 16.6. The van der Waals surface area contributed by atoms with Crippen molar-refractivity contribution in [3.63, 3.8) is 0 Å². The van der Waals surface area contributed by atoms with Crippen molar-refractivity contribution < 1.29 is 4.79 Å². The number of nitrogen functional groups attached to an aromatic ring is 1. The number of aromatic nitrogens is 2. The van der Waals surface area contributed by atoms with Crippen LogP contribution in [0.1, 0.15) is 21.7 Å². The lowest BCUT2D eigenvalue weighted by Gasteiger charge is -2.11. The highest BCUT2D eigenvalue weighted by Gasteiger charge is 2.11. The molecule has 2 aromatic heterocycles. The minimum atomic E-state index is -0.221. The van der Waals surface area contributed by atoms with Gasteiger partial charge in [0.25, 0.3) is 5.91 Å². The van der Waals surface area contributed by atoms with E-state index >= 15 is 0 Å². The van der Waals surface area contributed by atoms with E-state index in [1.807, 2.05) is 43.3 Å². The predicted molar refractivity (Wildman–Crippen MR) is 100 cm³/mol. The number of anilines is 1. The van der Waals surface area contributed by atoms with Crippen LogP contribution in [-0.2, 0) is 0 Å². The van der Waals surface area contributed by atoms with Gasteiger partial charge in [0, 0.05) is 30.2 Å². The van der Waals surface area contributed by atoms with E-state index in [4.69, 9.17) is 5.73 Å². The summed E-state index contributed by atoms with van der Waals surface area (Å²) in [7, 11) is 1.59. The Balaban J connectivity index is 2.12. The second-order valence-corrected chi connectivity index (χ2v) is 5.97. The molecule has 0 saturated heterocycles. The van der Waals surface area contributed by atoms with Gasteiger partial charge in [-0.05, 0) is 66.9 Å². The molecule has 3 N–H and O–H groups in total. The summed E-state index contributed by atoms with van der Waals surface area (Å²) in [5.41, 5.74) is 12.8. The zero-order chi connectivity index (χ0) is 18.0. The number of nitrogens with two attached hydrogens (primary N) is 1. The zero-order valence-corrected chi connectivity index (χ0v) is 14.5. The van der Waals surface area contributed by atoms with Crippen LogP contribution in [0.4, 0.5) is 5.69 Å². The van der Waals surface area contributed by atoms with E-state index in [1.54, 1.807) is 19.3 Å². The first-order valence-electron chi connectivity index (χ1n) is 8.01. The molecule has 5 nitrogen and oxygen atoms in total. The van der Waals surface area contributed by atoms with Gasteiger partial charge in [-0.2, -0.15) is 0 Å². The van der Waals surface area contributed by atoms with Gasteiger partial charge in [0.2, 0.25) is 0 Å². The standard InChI is InChI=1S/C20H20N4O/c1-12-4-5-16(21)11-17(12)15-8-13(2)24-18(10-15)14-6-7-23-19(9-14)20(25)22-3/h4-11H,21H2,1-3H3,(H,22,25). The van der Waals surface area contributed by atoms with Gasteiger partial charge in [-0.1, -0.05) is 6.07 Å². The fourth-order valence-electron chi connectivity index (χ4n) is 2.76. The Bertz CT molecular complexity index is 950. The minimum Gasteiger partial charge on any atom is -0.399 e. The van der Waals surface area contributed by atoms with Crippen LogP contribution in [-0.4, -0.2) is 22.9 Å². The lowest BCUT2D eigenvalue weighted by molar-refractivity contribution is 0.0958. The normalized spacial score (nSPS) is 10.5. The molecule has 0 aliphatic rings. The van der Waals surface area contributed by atoms with Crippen molar-refractivity contribution in [2.24, 2.45) is 0 Å². The smallest absolute Gasteiger partial charge is 0.269 e. The number of amides is 1. The third-order valence-corrected chi connectivity index (χ3v) is 4.04. The SMILES string of the molecule is CNC(=O)c1cc(-c2cc(-c3cc(N)ccc3C)cc(C)n2)ccn1. The molecule has 0 atom stereocenters. The highest BCUT2D eigenvalue weighted by Crippen LogP contribution is 2.29. The maximum Gasteiger partial charge on any atom is 0.269 e. The van der Waals surface area contributed by atoms with Gasteiger partial charge in [0.15, 0.2) is 0 Å². The molecule has 3 rings (SSSR count). The largest absolute Gasteiger partial charge is 0.399 e. The van der Waals surface area contributed by atoms with Crippen molar-refractivity contribution in [2.45, 2.75) is 13.8 Å². The van der Waals surface area contributed by atoms with Crippen LogP contribution in [0.25, 0.3) is 22.4 Å². The van der Waals surface area contributed by atoms with E-state index in [-0.39, 0.29) is 5.91 Å². The number of benzene rings is 1. The number of nitrogens with one attached hydrogen (secondary N) is 1. The van der Waals surface area contributed by atoms with E-state index in [0.29, 0.717) is 5.69 Å². The highest BCUT2D eigenvalue weighted by atomic mass is 16.1. The summed E-state index contributed by atoms with van der Waals surface area (Å²) in [6.07, 6.45) is 1.62. The summed E-state index contributed by atoms with van der Waals surface area (Å²) in [4.78, 5) is 20.6. The zero-order valence-electron chi connectivity index (χ0n) is 14.5. The Hall–Kier alpha value is -3.21. The van der Waals surface area contributed by atoms with Crippen molar-refractivity contribution >= 4 is 11.6 Å². The lowest BCUT2D eigenvalue weighted by atomic mass is 9.98. The average Bonchev–Trinajstić information content (AvgIpc) is 2.62. The number of nitrogens with zero attached hydrogens (tertiary/aromatic N) is 2. The molecule has 0 saturated carbocycles. The van der Waals surface area contributed by atoms with E-state index < -0.39 is 0 Å². The maximum atomic E-state index is 11.8. The van der Waals surface area contributed by atoms with Crippen molar-refractivity contribution in [2.75, 3.05) is 12.8 Å². The quantitative estimate of drug-likeness (QED) is 0.721. The molecule has 126 valence electrons. The van der Waals surface area contributed by atoms with Crippen LogP contribution in [0, 0.1) is 13.8 Å². The molecule has 0 unspecified atom stereocenters. The third kappa shape index (κ3) is 3.50. The first-order chi connectivity index (χ1) is 12.0. The number of hydrogen-bond acceptors (Lipinski definition) is 4. The number of hydrogen-bond donors (Lipinski definition) is 2. The molecule has 5 heteroatoms. The Morgan fingerprint density at radius 2 is 1.84 bits per heavy atom. The number of aryl methyl sites for hydroxylation is 2. The second kappa shape index (κ2) is 6.73. The first-order valence-corrected chi connectivity index (χ1v) is 8.01.